The normalized spacial score (nSPS) is 10.2. The lowest BCUT2D eigenvalue weighted by atomic mass is 10.1. The number of anilines is 1. The third kappa shape index (κ3) is 3.11. The van der Waals surface area contributed by atoms with Crippen molar-refractivity contribution in [3.8, 4) is 11.5 Å². The van der Waals surface area contributed by atoms with Crippen molar-refractivity contribution in [3.63, 3.8) is 0 Å². The molecule has 104 valence electrons. The van der Waals surface area contributed by atoms with Gasteiger partial charge in [-0.05, 0) is 42.8 Å². The van der Waals surface area contributed by atoms with E-state index in [1.807, 2.05) is 25.1 Å². The van der Waals surface area contributed by atoms with Crippen LogP contribution in [-0.4, -0.2) is 13.0 Å². The molecular formula is C15H15BrN2O2. The Hall–Kier alpha value is -2.01. The van der Waals surface area contributed by atoms with E-state index in [1.165, 1.54) is 0 Å². The van der Waals surface area contributed by atoms with Gasteiger partial charge in [0.1, 0.15) is 11.5 Å². The first-order valence-corrected chi connectivity index (χ1v) is 6.86. The topological polar surface area (TPSA) is 64.4 Å². The van der Waals surface area contributed by atoms with Gasteiger partial charge in [0.2, 0.25) is 0 Å². The standard InChI is InChI=1S/C15H15BrN2O2/c1-9-7-10(16)3-6-13(9)20-14-8-11(17)4-5-12(14)15(19)18-2/h3-8H,17H2,1-2H3,(H,18,19). The number of amides is 1. The van der Waals surface area contributed by atoms with E-state index in [0.29, 0.717) is 22.7 Å². The first kappa shape index (κ1) is 14.4. The zero-order chi connectivity index (χ0) is 14.7. The van der Waals surface area contributed by atoms with Gasteiger partial charge in [-0.2, -0.15) is 0 Å². The maximum atomic E-state index is 11.8. The van der Waals surface area contributed by atoms with Crippen molar-refractivity contribution in [2.45, 2.75) is 6.92 Å². The summed E-state index contributed by atoms with van der Waals surface area (Å²) in [7, 11) is 1.58. The molecule has 1 amide bonds. The average Bonchev–Trinajstić information content (AvgIpc) is 2.41. The van der Waals surface area contributed by atoms with Crippen molar-refractivity contribution in [2.75, 3.05) is 12.8 Å². The predicted octanol–water partition coefficient (Wildman–Crippen LogP) is 3.49. The Balaban J connectivity index is 2.41. The van der Waals surface area contributed by atoms with Gasteiger partial charge >= 0.3 is 0 Å². The summed E-state index contributed by atoms with van der Waals surface area (Å²) in [5.74, 6) is 0.911. The van der Waals surface area contributed by atoms with Crippen LogP contribution < -0.4 is 15.8 Å². The molecule has 0 atom stereocenters. The van der Waals surface area contributed by atoms with Crippen LogP contribution in [0.5, 0.6) is 11.5 Å². The number of carbonyl (C=O) groups excluding carboxylic acids is 1. The molecule has 0 unspecified atom stereocenters. The molecule has 0 saturated heterocycles. The quantitative estimate of drug-likeness (QED) is 0.844. The number of halogens is 1. The second-order valence-electron chi connectivity index (χ2n) is 4.35. The average molecular weight is 335 g/mol. The van der Waals surface area contributed by atoms with Gasteiger partial charge in [-0.3, -0.25) is 4.79 Å². The van der Waals surface area contributed by atoms with Crippen LogP contribution in [0.4, 0.5) is 5.69 Å². The van der Waals surface area contributed by atoms with Crippen molar-refractivity contribution in [1.82, 2.24) is 5.32 Å². The Kier molecular flexibility index (Phi) is 4.29. The summed E-state index contributed by atoms with van der Waals surface area (Å²) in [6.07, 6.45) is 0. The maximum absolute atomic E-state index is 11.8. The minimum Gasteiger partial charge on any atom is -0.456 e. The Morgan fingerprint density at radius 3 is 2.60 bits per heavy atom. The Morgan fingerprint density at radius 2 is 1.95 bits per heavy atom. The number of ether oxygens (including phenoxy) is 1. The monoisotopic (exact) mass is 334 g/mol. The number of nitrogens with two attached hydrogens (primary N) is 1. The third-order valence-corrected chi connectivity index (χ3v) is 3.33. The van der Waals surface area contributed by atoms with Crippen LogP contribution in [-0.2, 0) is 0 Å². The third-order valence-electron chi connectivity index (χ3n) is 2.83. The van der Waals surface area contributed by atoms with Crippen molar-refractivity contribution in [3.05, 3.63) is 52.0 Å². The molecule has 0 heterocycles. The molecule has 0 fully saturated rings. The molecule has 2 aromatic carbocycles. The first-order chi connectivity index (χ1) is 9.51. The molecule has 2 aromatic rings. The van der Waals surface area contributed by atoms with E-state index in [1.54, 1.807) is 25.2 Å². The molecule has 0 saturated carbocycles. The highest BCUT2D eigenvalue weighted by molar-refractivity contribution is 9.10. The molecule has 0 bridgehead atoms. The summed E-state index contributed by atoms with van der Waals surface area (Å²) >= 11 is 3.40. The van der Waals surface area contributed by atoms with Gasteiger partial charge in [0, 0.05) is 23.3 Å². The summed E-state index contributed by atoms with van der Waals surface area (Å²) in [6.45, 7) is 1.94. The SMILES string of the molecule is CNC(=O)c1ccc(N)cc1Oc1ccc(Br)cc1C. The molecule has 0 aliphatic rings. The number of hydrogen-bond acceptors (Lipinski definition) is 3. The highest BCUT2D eigenvalue weighted by Crippen LogP contribution is 2.31. The van der Waals surface area contributed by atoms with Crippen molar-refractivity contribution in [2.24, 2.45) is 0 Å². The fourth-order valence-corrected chi connectivity index (χ4v) is 2.27. The Morgan fingerprint density at radius 1 is 1.20 bits per heavy atom. The number of rotatable bonds is 3. The van der Waals surface area contributed by atoms with Crippen LogP contribution in [0.1, 0.15) is 15.9 Å². The zero-order valence-electron chi connectivity index (χ0n) is 11.2. The van der Waals surface area contributed by atoms with Crippen LogP contribution in [0, 0.1) is 6.92 Å². The van der Waals surface area contributed by atoms with Gasteiger partial charge < -0.3 is 15.8 Å². The molecule has 3 N–H and O–H groups in total. The van der Waals surface area contributed by atoms with Crippen molar-refractivity contribution >= 4 is 27.5 Å². The fraction of sp³-hybridized carbons (Fsp3) is 0.133. The van der Waals surface area contributed by atoms with E-state index in [0.717, 1.165) is 10.0 Å². The Bertz CT molecular complexity index is 656. The summed E-state index contributed by atoms with van der Waals surface area (Å²) < 4.78 is 6.81. The van der Waals surface area contributed by atoms with Crippen molar-refractivity contribution < 1.29 is 9.53 Å². The smallest absolute Gasteiger partial charge is 0.254 e. The van der Waals surface area contributed by atoms with E-state index in [-0.39, 0.29) is 5.91 Å². The molecule has 2 rings (SSSR count). The largest absolute Gasteiger partial charge is 0.456 e. The summed E-state index contributed by atoms with van der Waals surface area (Å²) in [5.41, 5.74) is 7.72. The van der Waals surface area contributed by atoms with Gasteiger partial charge in [-0.1, -0.05) is 15.9 Å². The zero-order valence-corrected chi connectivity index (χ0v) is 12.8. The number of benzene rings is 2. The molecule has 5 heteroatoms. The predicted molar refractivity (Wildman–Crippen MR) is 83.2 cm³/mol. The van der Waals surface area contributed by atoms with Crippen LogP contribution in [0.25, 0.3) is 0 Å². The van der Waals surface area contributed by atoms with E-state index >= 15 is 0 Å². The Labute approximate surface area is 126 Å². The first-order valence-electron chi connectivity index (χ1n) is 6.07. The molecule has 0 radical (unpaired) electrons. The molecule has 20 heavy (non-hydrogen) atoms. The van der Waals surface area contributed by atoms with E-state index in [2.05, 4.69) is 21.2 Å². The van der Waals surface area contributed by atoms with Gasteiger partial charge in [-0.25, -0.2) is 0 Å². The molecule has 0 spiro atoms. The number of nitrogens with one attached hydrogen (secondary N) is 1. The molecule has 4 nitrogen and oxygen atoms in total. The summed E-state index contributed by atoms with van der Waals surface area (Å²) in [6, 6.07) is 10.6. The summed E-state index contributed by atoms with van der Waals surface area (Å²) in [4.78, 5) is 11.8. The lowest BCUT2D eigenvalue weighted by Crippen LogP contribution is -2.18. The second-order valence-corrected chi connectivity index (χ2v) is 5.26. The van der Waals surface area contributed by atoms with E-state index in [4.69, 9.17) is 10.5 Å². The highest BCUT2D eigenvalue weighted by Gasteiger charge is 2.13. The number of carbonyl (C=O) groups is 1. The fourth-order valence-electron chi connectivity index (χ4n) is 1.79. The number of aryl methyl sites for hydroxylation is 1. The second kappa shape index (κ2) is 5.96. The van der Waals surface area contributed by atoms with Gasteiger partial charge in [0.05, 0.1) is 5.56 Å². The molecule has 0 aromatic heterocycles. The number of hydrogen-bond donors (Lipinski definition) is 2. The van der Waals surface area contributed by atoms with Gasteiger partial charge in [0.15, 0.2) is 0 Å². The van der Waals surface area contributed by atoms with Crippen LogP contribution in [0.3, 0.4) is 0 Å². The minimum atomic E-state index is -0.213. The van der Waals surface area contributed by atoms with Crippen LogP contribution in [0.15, 0.2) is 40.9 Å². The van der Waals surface area contributed by atoms with E-state index in [9.17, 15) is 4.79 Å². The lowest BCUT2D eigenvalue weighted by molar-refractivity contribution is 0.0961. The van der Waals surface area contributed by atoms with Crippen molar-refractivity contribution in [1.29, 1.82) is 0 Å². The highest BCUT2D eigenvalue weighted by atomic mass is 79.9. The molecule has 0 aliphatic carbocycles. The number of nitrogen functional groups attached to an aromatic ring is 1. The minimum absolute atomic E-state index is 0.213. The van der Waals surface area contributed by atoms with E-state index < -0.39 is 0 Å². The maximum Gasteiger partial charge on any atom is 0.254 e. The van der Waals surface area contributed by atoms with Gasteiger partial charge in [-0.15, -0.1) is 0 Å². The molecular weight excluding hydrogens is 320 g/mol. The van der Waals surface area contributed by atoms with Crippen LogP contribution >= 0.6 is 15.9 Å². The summed E-state index contributed by atoms with van der Waals surface area (Å²) in [5, 5.41) is 2.58. The molecule has 0 aliphatic heterocycles. The lowest BCUT2D eigenvalue weighted by Gasteiger charge is -2.13. The van der Waals surface area contributed by atoms with Gasteiger partial charge in [0.25, 0.3) is 5.91 Å². The van der Waals surface area contributed by atoms with Crippen LogP contribution in [0.2, 0.25) is 0 Å².